The zero-order valence-corrected chi connectivity index (χ0v) is 13.3. The second-order valence-electron chi connectivity index (χ2n) is 6.65. The summed E-state index contributed by atoms with van der Waals surface area (Å²) < 4.78 is 0. The second kappa shape index (κ2) is 7.38. The first-order chi connectivity index (χ1) is 7.70. The SMILES string of the molecule is CCCC(C)NCC(C)N(C)C(C)C(C)(C)C. The Bertz CT molecular complexity index is 196. The van der Waals surface area contributed by atoms with Crippen LogP contribution in [0.5, 0.6) is 0 Å². The van der Waals surface area contributed by atoms with Crippen molar-refractivity contribution in [3.05, 3.63) is 0 Å². The van der Waals surface area contributed by atoms with E-state index in [9.17, 15) is 0 Å². The fourth-order valence-corrected chi connectivity index (χ4v) is 2.04. The minimum Gasteiger partial charge on any atom is -0.313 e. The Labute approximate surface area is 109 Å². The van der Waals surface area contributed by atoms with Crippen LogP contribution in [0.25, 0.3) is 0 Å². The highest BCUT2D eigenvalue weighted by molar-refractivity contribution is 4.81. The van der Waals surface area contributed by atoms with Gasteiger partial charge in [0.1, 0.15) is 0 Å². The van der Waals surface area contributed by atoms with Crippen LogP contribution in [-0.4, -0.2) is 36.6 Å². The lowest BCUT2D eigenvalue weighted by atomic mass is 9.86. The lowest BCUT2D eigenvalue weighted by Crippen LogP contribution is -2.48. The number of hydrogen-bond donors (Lipinski definition) is 1. The van der Waals surface area contributed by atoms with Crippen molar-refractivity contribution in [2.45, 2.75) is 79.4 Å². The molecule has 2 nitrogen and oxygen atoms in total. The minimum atomic E-state index is 0.345. The Morgan fingerprint density at radius 1 is 1.12 bits per heavy atom. The molecule has 0 saturated carbocycles. The second-order valence-corrected chi connectivity index (χ2v) is 6.65. The molecule has 1 N–H and O–H groups in total. The molecular weight excluding hydrogens is 208 g/mol. The Kier molecular flexibility index (Phi) is 7.34. The molecule has 0 aliphatic heterocycles. The first-order valence-electron chi connectivity index (χ1n) is 7.15. The number of nitrogens with zero attached hydrogens (tertiary/aromatic N) is 1. The molecule has 104 valence electrons. The van der Waals surface area contributed by atoms with Crippen molar-refractivity contribution in [2.24, 2.45) is 5.41 Å². The van der Waals surface area contributed by atoms with Gasteiger partial charge < -0.3 is 5.32 Å². The van der Waals surface area contributed by atoms with Gasteiger partial charge in [-0.3, -0.25) is 4.90 Å². The van der Waals surface area contributed by atoms with Crippen LogP contribution in [0, 0.1) is 5.41 Å². The van der Waals surface area contributed by atoms with Gasteiger partial charge in [0.2, 0.25) is 0 Å². The highest BCUT2D eigenvalue weighted by Gasteiger charge is 2.26. The Hall–Kier alpha value is -0.0800. The molecule has 0 heterocycles. The summed E-state index contributed by atoms with van der Waals surface area (Å²) >= 11 is 0. The standard InChI is InChI=1S/C15H34N2/c1-9-10-12(2)16-11-13(3)17(8)14(4)15(5,6)7/h12-14,16H,9-11H2,1-8H3. The first kappa shape index (κ1) is 16.9. The van der Waals surface area contributed by atoms with E-state index in [2.05, 4.69) is 65.7 Å². The largest absolute Gasteiger partial charge is 0.313 e. The van der Waals surface area contributed by atoms with Crippen molar-refractivity contribution in [3.63, 3.8) is 0 Å². The summed E-state index contributed by atoms with van der Waals surface area (Å²) in [6.45, 7) is 17.2. The average Bonchev–Trinajstić information content (AvgIpc) is 2.23. The summed E-state index contributed by atoms with van der Waals surface area (Å²) in [5, 5.41) is 3.63. The van der Waals surface area contributed by atoms with Gasteiger partial charge in [-0.25, -0.2) is 0 Å². The molecule has 0 amide bonds. The van der Waals surface area contributed by atoms with E-state index in [-0.39, 0.29) is 0 Å². The fraction of sp³-hybridized carbons (Fsp3) is 1.00. The highest BCUT2D eigenvalue weighted by Crippen LogP contribution is 2.24. The lowest BCUT2D eigenvalue weighted by molar-refractivity contribution is 0.102. The van der Waals surface area contributed by atoms with Crippen LogP contribution in [0.1, 0.15) is 61.3 Å². The van der Waals surface area contributed by atoms with Gasteiger partial charge in [0.25, 0.3) is 0 Å². The maximum Gasteiger partial charge on any atom is 0.0192 e. The predicted octanol–water partition coefficient (Wildman–Crippen LogP) is 3.52. The molecule has 0 aromatic carbocycles. The molecule has 0 aromatic rings. The van der Waals surface area contributed by atoms with Gasteiger partial charge in [-0.2, -0.15) is 0 Å². The van der Waals surface area contributed by atoms with E-state index >= 15 is 0 Å². The van der Waals surface area contributed by atoms with Crippen molar-refractivity contribution in [3.8, 4) is 0 Å². The van der Waals surface area contributed by atoms with E-state index in [1.807, 2.05) is 0 Å². The van der Waals surface area contributed by atoms with Gasteiger partial charge in [0, 0.05) is 24.7 Å². The zero-order valence-electron chi connectivity index (χ0n) is 13.3. The average molecular weight is 242 g/mol. The quantitative estimate of drug-likeness (QED) is 0.735. The van der Waals surface area contributed by atoms with Crippen molar-refractivity contribution in [2.75, 3.05) is 13.6 Å². The molecule has 2 heteroatoms. The van der Waals surface area contributed by atoms with Gasteiger partial charge in [-0.05, 0) is 39.7 Å². The van der Waals surface area contributed by atoms with E-state index in [1.54, 1.807) is 0 Å². The van der Waals surface area contributed by atoms with E-state index in [0.717, 1.165) is 6.54 Å². The zero-order chi connectivity index (χ0) is 13.6. The summed E-state index contributed by atoms with van der Waals surface area (Å²) in [5.74, 6) is 0. The normalized spacial score (nSPS) is 18.2. The van der Waals surface area contributed by atoms with E-state index in [4.69, 9.17) is 0 Å². The van der Waals surface area contributed by atoms with Gasteiger partial charge >= 0.3 is 0 Å². The third-order valence-electron chi connectivity index (χ3n) is 4.04. The number of nitrogens with one attached hydrogen (secondary N) is 1. The van der Waals surface area contributed by atoms with Crippen LogP contribution in [0.3, 0.4) is 0 Å². The van der Waals surface area contributed by atoms with E-state index in [1.165, 1.54) is 12.8 Å². The first-order valence-corrected chi connectivity index (χ1v) is 7.15. The fourth-order valence-electron chi connectivity index (χ4n) is 2.04. The number of rotatable bonds is 7. The molecule has 17 heavy (non-hydrogen) atoms. The minimum absolute atomic E-state index is 0.345. The van der Waals surface area contributed by atoms with Crippen LogP contribution >= 0.6 is 0 Å². The topological polar surface area (TPSA) is 15.3 Å². The maximum absolute atomic E-state index is 3.63. The maximum atomic E-state index is 3.63. The van der Waals surface area contributed by atoms with Gasteiger partial charge in [0.15, 0.2) is 0 Å². The molecule has 3 unspecified atom stereocenters. The van der Waals surface area contributed by atoms with Gasteiger partial charge in [-0.1, -0.05) is 34.1 Å². The molecule has 0 fully saturated rings. The van der Waals surface area contributed by atoms with Crippen LogP contribution in [-0.2, 0) is 0 Å². The van der Waals surface area contributed by atoms with Crippen LogP contribution in [0.2, 0.25) is 0 Å². The molecule has 0 aromatic heterocycles. The molecule has 3 atom stereocenters. The monoisotopic (exact) mass is 242 g/mol. The van der Waals surface area contributed by atoms with Gasteiger partial charge in [-0.15, -0.1) is 0 Å². The van der Waals surface area contributed by atoms with E-state index < -0.39 is 0 Å². The third kappa shape index (κ3) is 6.42. The molecule has 0 spiro atoms. The van der Waals surface area contributed by atoms with E-state index in [0.29, 0.717) is 23.5 Å². The molecule has 0 rings (SSSR count). The van der Waals surface area contributed by atoms with Gasteiger partial charge in [0.05, 0.1) is 0 Å². The Balaban J connectivity index is 4.09. The molecule has 0 aliphatic rings. The van der Waals surface area contributed by atoms with Crippen LogP contribution in [0.4, 0.5) is 0 Å². The van der Waals surface area contributed by atoms with Crippen molar-refractivity contribution in [1.29, 1.82) is 0 Å². The summed E-state index contributed by atoms with van der Waals surface area (Å²) in [5.41, 5.74) is 0.345. The van der Waals surface area contributed by atoms with Crippen LogP contribution in [0.15, 0.2) is 0 Å². The smallest absolute Gasteiger partial charge is 0.0192 e. The Morgan fingerprint density at radius 2 is 1.65 bits per heavy atom. The third-order valence-corrected chi connectivity index (χ3v) is 4.04. The van der Waals surface area contributed by atoms with Crippen LogP contribution < -0.4 is 5.32 Å². The summed E-state index contributed by atoms with van der Waals surface area (Å²) in [4.78, 5) is 2.49. The molecule has 0 radical (unpaired) electrons. The summed E-state index contributed by atoms with van der Waals surface area (Å²) in [6, 6.07) is 1.82. The predicted molar refractivity (Wildman–Crippen MR) is 78.5 cm³/mol. The number of likely N-dealkylation sites (N-methyl/N-ethyl adjacent to an activating group) is 1. The summed E-state index contributed by atoms with van der Waals surface area (Å²) in [7, 11) is 2.24. The summed E-state index contributed by atoms with van der Waals surface area (Å²) in [6.07, 6.45) is 2.53. The Morgan fingerprint density at radius 3 is 2.06 bits per heavy atom. The number of hydrogen-bond acceptors (Lipinski definition) is 2. The molecule has 0 aliphatic carbocycles. The van der Waals surface area contributed by atoms with Crippen molar-refractivity contribution < 1.29 is 0 Å². The molecular formula is C15H34N2. The van der Waals surface area contributed by atoms with Crippen molar-refractivity contribution >= 4 is 0 Å². The molecule has 0 saturated heterocycles. The lowest BCUT2D eigenvalue weighted by Gasteiger charge is -2.39. The van der Waals surface area contributed by atoms with Crippen molar-refractivity contribution in [1.82, 2.24) is 10.2 Å². The molecule has 0 bridgehead atoms. The highest BCUT2D eigenvalue weighted by atomic mass is 15.2.